The number of nitrogens with one attached hydrogen (secondary N) is 1. The molecule has 1 aliphatic rings. The molecule has 0 unspecified atom stereocenters. The summed E-state index contributed by atoms with van der Waals surface area (Å²) in [7, 11) is 3.23. The van der Waals surface area contributed by atoms with Crippen LogP contribution < -0.4 is 14.8 Å². The Bertz CT molecular complexity index is 757. The minimum atomic E-state index is 0.0983. The van der Waals surface area contributed by atoms with Crippen LogP contribution in [-0.2, 0) is 11.3 Å². The maximum Gasteiger partial charge on any atom is 0.230 e. The molecule has 1 saturated heterocycles. The molecular formula is C18H23N3O4. The first-order valence-corrected chi connectivity index (χ1v) is 8.28. The molecule has 7 nitrogen and oxygen atoms in total. The first-order chi connectivity index (χ1) is 12.1. The predicted molar refractivity (Wildman–Crippen MR) is 92.7 cm³/mol. The van der Waals surface area contributed by atoms with Gasteiger partial charge in [-0.1, -0.05) is 0 Å². The van der Waals surface area contributed by atoms with Crippen LogP contribution in [0.2, 0.25) is 0 Å². The SMILES string of the molecule is COc1ccc(OC)c(-c2nc(CN3CCNC(=O)CC3)c(C)o2)c1. The van der Waals surface area contributed by atoms with Crippen LogP contribution >= 0.6 is 0 Å². The Morgan fingerprint density at radius 2 is 2.12 bits per heavy atom. The fourth-order valence-corrected chi connectivity index (χ4v) is 2.85. The number of hydrogen-bond acceptors (Lipinski definition) is 6. The van der Waals surface area contributed by atoms with E-state index in [-0.39, 0.29) is 5.91 Å². The summed E-state index contributed by atoms with van der Waals surface area (Å²) in [5.74, 6) is 2.76. The van der Waals surface area contributed by atoms with Gasteiger partial charge < -0.3 is 19.2 Å². The van der Waals surface area contributed by atoms with Crippen molar-refractivity contribution < 1.29 is 18.7 Å². The average molecular weight is 345 g/mol. The first-order valence-electron chi connectivity index (χ1n) is 8.28. The molecule has 3 rings (SSSR count). The molecule has 1 aromatic carbocycles. The molecule has 0 aliphatic carbocycles. The lowest BCUT2D eigenvalue weighted by Gasteiger charge is -2.17. The van der Waals surface area contributed by atoms with E-state index in [2.05, 4.69) is 15.2 Å². The third kappa shape index (κ3) is 3.93. The van der Waals surface area contributed by atoms with E-state index in [9.17, 15) is 4.79 Å². The Morgan fingerprint density at radius 1 is 1.28 bits per heavy atom. The van der Waals surface area contributed by atoms with E-state index in [1.165, 1.54) is 0 Å². The second-order valence-corrected chi connectivity index (χ2v) is 5.96. The summed E-state index contributed by atoms with van der Waals surface area (Å²) >= 11 is 0. The van der Waals surface area contributed by atoms with Crippen LogP contribution in [0.4, 0.5) is 0 Å². The lowest BCUT2D eigenvalue weighted by atomic mass is 10.2. The third-order valence-electron chi connectivity index (χ3n) is 4.31. The second kappa shape index (κ2) is 7.57. The van der Waals surface area contributed by atoms with Gasteiger partial charge in [0, 0.05) is 32.6 Å². The fourth-order valence-electron chi connectivity index (χ4n) is 2.85. The van der Waals surface area contributed by atoms with Crippen molar-refractivity contribution in [2.24, 2.45) is 0 Å². The Labute approximate surface area is 146 Å². The Morgan fingerprint density at radius 3 is 2.88 bits per heavy atom. The van der Waals surface area contributed by atoms with E-state index in [0.29, 0.717) is 36.9 Å². The highest BCUT2D eigenvalue weighted by molar-refractivity contribution is 5.76. The molecular weight excluding hydrogens is 322 g/mol. The number of aromatic nitrogens is 1. The largest absolute Gasteiger partial charge is 0.497 e. The van der Waals surface area contributed by atoms with Gasteiger partial charge in [0.2, 0.25) is 11.8 Å². The number of oxazole rings is 1. The summed E-state index contributed by atoms with van der Waals surface area (Å²) in [6.07, 6.45) is 0.507. The van der Waals surface area contributed by atoms with Gasteiger partial charge in [0.05, 0.1) is 25.5 Å². The second-order valence-electron chi connectivity index (χ2n) is 5.96. The minimum absolute atomic E-state index is 0.0983. The van der Waals surface area contributed by atoms with Crippen LogP contribution in [0.5, 0.6) is 11.5 Å². The molecule has 134 valence electrons. The molecule has 1 aromatic heterocycles. The van der Waals surface area contributed by atoms with E-state index < -0.39 is 0 Å². The van der Waals surface area contributed by atoms with E-state index in [1.54, 1.807) is 14.2 Å². The minimum Gasteiger partial charge on any atom is -0.497 e. The summed E-state index contributed by atoms with van der Waals surface area (Å²) < 4.78 is 16.6. The van der Waals surface area contributed by atoms with Gasteiger partial charge in [-0.3, -0.25) is 9.69 Å². The van der Waals surface area contributed by atoms with Crippen LogP contribution in [0, 0.1) is 6.92 Å². The number of carbonyl (C=O) groups excluding carboxylic acids is 1. The van der Waals surface area contributed by atoms with Crippen molar-refractivity contribution in [3.63, 3.8) is 0 Å². The van der Waals surface area contributed by atoms with Crippen molar-refractivity contribution in [1.82, 2.24) is 15.2 Å². The number of hydrogen-bond donors (Lipinski definition) is 1. The van der Waals surface area contributed by atoms with Crippen LogP contribution in [0.25, 0.3) is 11.5 Å². The molecule has 25 heavy (non-hydrogen) atoms. The van der Waals surface area contributed by atoms with Crippen LogP contribution in [-0.4, -0.2) is 49.6 Å². The zero-order valence-electron chi connectivity index (χ0n) is 14.8. The van der Waals surface area contributed by atoms with Crippen molar-refractivity contribution in [3.05, 3.63) is 29.7 Å². The van der Waals surface area contributed by atoms with E-state index >= 15 is 0 Å². The number of amides is 1. The summed E-state index contributed by atoms with van der Waals surface area (Å²) in [6, 6.07) is 5.52. The zero-order chi connectivity index (χ0) is 17.8. The molecule has 0 spiro atoms. The Hall–Kier alpha value is -2.54. The average Bonchev–Trinajstić information content (AvgIpc) is 2.85. The normalized spacial score (nSPS) is 15.6. The lowest BCUT2D eigenvalue weighted by Crippen LogP contribution is -2.28. The molecule has 1 fully saturated rings. The smallest absolute Gasteiger partial charge is 0.230 e. The van der Waals surface area contributed by atoms with Crippen molar-refractivity contribution in [3.8, 4) is 23.0 Å². The first kappa shape index (κ1) is 17.3. The van der Waals surface area contributed by atoms with E-state index in [0.717, 1.165) is 30.1 Å². The van der Waals surface area contributed by atoms with E-state index in [4.69, 9.17) is 13.9 Å². The summed E-state index contributed by atoms with van der Waals surface area (Å²) in [4.78, 5) is 18.3. The third-order valence-corrected chi connectivity index (χ3v) is 4.31. The monoisotopic (exact) mass is 345 g/mol. The molecule has 0 saturated carbocycles. The van der Waals surface area contributed by atoms with Gasteiger partial charge in [0.1, 0.15) is 17.3 Å². The van der Waals surface area contributed by atoms with Crippen LogP contribution in [0.3, 0.4) is 0 Å². The number of ether oxygens (including phenoxy) is 2. The van der Waals surface area contributed by atoms with Gasteiger partial charge in [-0.05, 0) is 25.1 Å². The quantitative estimate of drug-likeness (QED) is 0.893. The van der Waals surface area contributed by atoms with Crippen molar-refractivity contribution >= 4 is 5.91 Å². The Balaban J connectivity index is 1.84. The predicted octanol–water partition coefficient (Wildman–Crippen LogP) is 1.99. The molecule has 1 N–H and O–H groups in total. The number of methoxy groups -OCH3 is 2. The molecule has 7 heteroatoms. The molecule has 0 radical (unpaired) electrons. The number of rotatable bonds is 5. The Kier molecular flexibility index (Phi) is 5.23. The maximum atomic E-state index is 11.5. The van der Waals surface area contributed by atoms with Gasteiger partial charge in [0.15, 0.2) is 0 Å². The van der Waals surface area contributed by atoms with Crippen molar-refractivity contribution in [1.29, 1.82) is 0 Å². The molecule has 2 aromatic rings. The van der Waals surface area contributed by atoms with Gasteiger partial charge in [-0.25, -0.2) is 4.98 Å². The zero-order valence-corrected chi connectivity index (χ0v) is 14.8. The summed E-state index contributed by atoms with van der Waals surface area (Å²) in [5, 5.41) is 2.88. The highest BCUT2D eigenvalue weighted by Gasteiger charge is 2.20. The highest BCUT2D eigenvalue weighted by Crippen LogP contribution is 2.34. The number of aryl methyl sites for hydroxylation is 1. The molecule has 1 aliphatic heterocycles. The van der Waals surface area contributed by atoms with Gasteiger partial charge in [-0.2, -0.15) is 0 Å². The van der Waals surface area contributed by atoms with Gasteiger partial charge in [0.25, 0.3) is 0 Å². The van der Waals surface area contributed by atoms with E-state index in [1.807, 2.05) is 25.1 Å². The molecule has 0 bridgehead atoms. The topological polar surface area (TPSA) is 76.8 Å². The lowest BCUT2D eigenvalue weighted by molar-refractivity contribution is -0.120. The summed E-state index contributed by atoms with van der Waals surface area (Å²) in [6.45, 7) is 4.73. The number of nitrogens with zero attached hydrogens (tertiary/aromatic N) is 2. The van der Waals surface area contributed by atoms with Crippen LogP contribution in [0.1, 0.15) is 17.9 Å². The maximum absolute atomic E-state index is 11.5. The molecule has 2 heterocycles. The highest BCUT2D eigenvalue weighted by atomic mass is 16.5. The van der Waals surface area contributed by atoms with Gasteiger partial charge >= 0.3 is 0 Å². The molecule has 1 amide bonds. The van der Waals surface area contributed by atoms with Gasteiger partial charge in [-0.15, -0.1) is 0 Å². The number of carbonyl (C=O) groups is 1. The standard InChI is InChI=1S/C18H23N3O4/c1-12-15(11-21-8-6-17(22)19-7-9-21)20-18(25-12)14-10-13(23-2)4-5-16(14)24-3/h4-5,10H,6-9,11H2,1-3H3,(H,19,22). The van der Waals surface area contributed by atoms with Crippen molar-refractivity contribution in [2.75, 3.05) is 33.9 Å². The fraction of sp³-hybridized carbons (Fsp3) is 0.444. The summed E-state index contributed by atoms with van der Waals surface area (Å²) in [5.41, 5.74) is 1.62. The molecule has 0 atom stereocenters. The number of benzene rings is 1. The van der Waals surface area contributed by atoms with Crippen molar-refractivity contribution in [2.45, 2.75) is 19.9 Å². The van der Waals surface area contributed by atoms with Crippen LogP contribution in [0.15, 0.2) is 22.6 Å².